The number of hydrogen-bond donors (Lipinski definition) is 1. The molecular formula is C30H35Cl2N3O4S. The van der Waals surface area contributed by atoms with Crippen molar-refractivity contribution in [2.75, 3.05) is 17.1 Å². The number of nitrogens with zero attached hydrogens (tertiary/aromatic N) is 2. The maximum Gasteiger partial charge on any atom is 0.244 e. The lowest BCUT2D eigenvalue weighted by Crippen LogP contribution is -2.54. The second kappa shape index (κ2) is 14.0. The summed E-state index contributed by atoms with van der Waals surface area (Å²) in [7, 11) is -3.90. The van der Waals surface area contributed by atoms with E-state index < -0.39 is 28.5 Å². The van der Waals surface area contributed by atoms with E-state index in [2.05, 4.69) is 5.32 Å². The van der Waals surface area contributed by atoms with E-state index in [1.54, 1.807) is 0 Å². The minimum atomic E-state index is -3.90. The molecule has 2 amide bonds. The van der Waals surface area contributed by atoms with Crippen molar-refractivity contribution in [1.82, 2.24) is 10.2 Å². The molecule has 0 spiro atoms. The molecule has 214 valence electrons. The van der Waals surface area contributed by atoms with Gasteiger partial charge in [0.25, 0.3) is 0 Å². The number of hydrogen-bond acceptors (Lipinski definition) is 4. The Morgan fingerprint density at radius 3 is 2.20 bits per heavy atom. The van der Waals surface area contributed by atoms with Crippen LogP contribution in [0.2, 0.25) is 10.0 Å². The second-order valence-electron chi connectivity index (χ2n) is 9.84. The summed E-state index contributed by atoms with van der Waals surface area (Å²) >= 11 is 12.2. The molecule has 0 bridgehead atoms. The molecule has 3 aromatic carbocycles. The van der Waals surface area contributed by atoms with Gasteiger partial charge in [-0.2, -0.15) is 0 Å². The van der Waals surface area contributed by atoms with Gasteiger partial charge < -0.3 is 10.2 Å². The van der Waals surface area contributed by atoms with Gasteiger partial charge in [0, 0.05) is 19.0 Å². The standard InChI is InChI=1S/C30H35Cl2N3O4S/c1-5-22(3)33-30(37)28(17-23-12-7-6-8-13-23)34(19-24-14-10-9-11-21(24)2)29(36)20-35(40(4,38)39)25-15-16-26(31)27(32)18-25/h6-16,18,22,28H,5,17,19-20H2,1-4H3,(H,33,37)/t22-,28+/m0/s1. The predicted octanol–water partition coefficient (Wildman–Crippen LogP) is 5.62. The van der Waals surface area contributed by atoms with Gasteiger partial charge in [0.15, 0.2) is 0 Å². The number of anilines is 1. The minimum absolute atomic E-state index is 0.107. The van der Waals surface area contributed by atoms with E-state index in [-0.39, 0.29) is 40.6 Å². The molecule has 0 radical (unpaired) electrons. The van der Waals surface area contributed by atoms with Gasteiger partial charge in [0.1, 0.15) is 12.6 Å². The summed E-state index contributed by atoms with van der Waals surface area (Å²) < 4.78 is 26.7. The summed E-state index contributed by atoms with van der Waals surface area (Å²) in [6, 6.07) is 20.4. The molecule has 0 saturated heterocycles. The Balaban J connectivity index is 2.08. The Labute approximate surface area is 247 Å². The zero-order chi connectivity index (χ0) is 29.4. The summed E-state index contributed by atoms with van der Waals surface area (Å²) in [5, 5.41) is 3.44. The van der Waals surface area contributed by atoms with Crippen LogP contribution in [0.3, 0.4) is 0 Å². The van der Waals surface area contributed by atoms with E-state index in [4.69, 9.17) is 23.2 Å². The largest absolute Gasteiger partial charge is 0.352 e. The Hall–Kier alpha value is -3.07. The molecular weight excluding hydrogens is 569 g/mol. The van der Waals surface area contributed by atoms with E-state index in [9.17, 15) is 18.0 Å². The topological polar surface area (TPSA) is 86.8 Å². The number of amides is 2. The number of carbonyl (C=O) groups is 2. The molecule has 1 N–H and O–H groups in total. The average molecular weight is 605 g/mol. The van der Waals surface area contributed by atoms with Crippen LogP contribution in [0.5, 0.6) is 0 Å². The highest BCUT2D eigenvalue weighted by molar-refractivity contribution is 7.92. The van der Waals surface area contributed by atoms with Crippen molar-refractivity contribution >= 4 is 50.7 Å². The van der Waals surface area contributed by atoms with Crippen LogP contribution < -0.4 is 9.62 Å². The molecule has 0 aliphatic rings. The Bertz CT molecular complexity index is 1430. The predicted molar refractivity (Wildman–Crippen MR) is 162 cm³/mol. The van der Waals surface area contributed by atoms with Gasteiger partial charge in [0.2, 0.25) is 21.8 Å². The van der Waals surface area contributed by atoms with Gasteiger partial charge in [-0.15, -0.1) is 0 Å². The highest BCUT2D eigenvalue weighted by Crippen LogP contribution is 2.29. The second-order valence-corrected chi connectivity index (χ2v) is 12.6. The maximum atomic E-state index is 14.1. The van der Waals surface area contributed by atoms with Crippen molar-refractivity contribution < 1.29 is 18.0 Å². The highest BCUT2D eigenvalue weighted by atomic mass is 35.5. The summed E-state index contributed by atoms with van der Waals surface area (Å²) in [5.74, 6) is -0.833. The molecule has 10 heteroatoms. The van der Waals surface area contributed by atoms with Crippen molar-refractivity contribution in [2.24, 2.45) is 0 Å². The van der Waals surface area contributed by atoms with Gasteiger partial charge in [-0.3, -0.25) is 13.9 Å². The number of nitrogens with one attached hydrogen (secondary N) is 1. The van der Waals surface area contributed by atoms with Crippen molar-refractivity contribution in [3.8, 4) is 0 Å². The molecule has 0 heterocycles. The van der Waals surface area contributed by atoms with Crippen LogP contribution in [0.25, 0.3) is 0 Å². The molecule has 0 unspecified atom stereocenters. The van der Waals surface area contributed by atoms with Crippen molar-refractivity contribution in [2.45, 2.75) is 52.2 Å². The maximum absolute atomic E-state index is 14.1. The van der Waals surface area contributed by atoms with Crippen LogP contribution in [0.15, 0.2) is 72.8 Å². The zero-order valence-electron chi connectivity index (χ0n) is 23.1. The highest BCUT2D eigenvalue weighted by Gasteiger charge is 2.33. The van der Waals surface area contributed by atoms with E-state index in [1.165, 1.54) is 23.1 Å². The lowest BCUT2D eigenvalue weighted by atomic mass is 10.0. The smallest absolute Gasteiger partial charge is 0.244 e. The van der Waals surface area contributed by atoms with Crippen molar-refractivity contribution in [1.29, 1.82) is 0 Å². The molecule has 0 saturated carbocycles. The summed E-state index contributed by atoms with van der Waals surface area (Å²) in [5.41, 5.74) is 2.87. The Morgan fingerprint density at radius 2 is 1.60 bits per heavy atom. The van der Waals surface area contributed by atoms with Crippen LogP contribution in [-0.2, 0) is 32.6 Å². The first-order valence-electron chi connectivity index (χ1n) is 13.0. The number of benzene rings is 3. The first-order valence-corrected chi connectivity index (χ1v) is 15.6. The van der Waals surface area contributed by atoms with Crippen LogP contribution in [0.4, 0.5) is 5.69 Å². The number of rotatable bonds is 12. The van der Waals surface area contributed by atoms with Gasteiger partial charge in [0.05, 0.1) is 22.0 Å². The fourth-order valence-electron chi connectivity index (χ4n) is 4.22. The number of aryl methyl sites for hydroxylation is 1. The molecule has 7 nitrogen and oxygen atoms in total. The van der Waals surface area contributed by atoms with E-state index in [1.807, 2.05) is 75.4 Å². The lowest BCUT2D eigenvalue weighted by molar-refractivity contribution is -0.140. The molecule has 0 aliphatic heterocycles. The molecule has 3 rings (SSSR count). The third-order valence-electron chi connectivity index (χ3n) is 6.74. The fourth-order valence-corrected chi connectivity index (χ4v) is 5.35. The minimum Gasteiger partial charge on any atom is -0.352 e. The van der Waals surface area contributed by atoms with Crippen molar-refractivity contribution in [3.05, 3.63) is 99.5 Å². The van der Waals surface area contributed by atoms with E-state index in [0.717, 1.165) is 27.3 Å². The van der Waals surface area contributed by atoms with Gasteiger partial charge in [-0.05, 0) is 55.2 Å². The van der Waals surface area contributed by atoms with Crippen LogP contribution in [-0.4, -0.2) is 50.0 Å². The zero-order valence-corrected chi connectivity index (χ0v) is 25.4. The summed E-state index contributed by atoms with van der Waals surface area (Å²) in [6.45, 7) is 5.40. The van der Waals surface area contributed by atoms with E-state index in [0.29, 0.717) is 6.42 Å². The third kappa shape index (κ3) is 8.46. The number of halogens is 2. The average Bonchev–Trinajstić information content (AvgIpc) is 2.91. The van der Waals surface area contributed by atoms with Gasteiger partial charge in [-0.1, -0.05) is 84.7 Å². The Kier molecular flexibility index (Phi) is 11.0. The first kappa shape index (κ1) is 31.5. The fraction of sp³-hybridized carbons (Fsp3) is 0.333. The van der Waals surface area contributed by atoms with Crippen molar-refractivity contribution in [3.63, 3.8) is 0 Å². The van der Waals surface area contributed by atoms with Gasteiger partial charge >= 0.3 is 0 Å². The molecule has 2 atom stereocenters. The molecule has 0 aromatic heterocycles. The normalized spacial score (nSPS) is 12.8. The summed E-state index contributed by atoms with van der Waals surface area (Å²) in [4.78, 5) is 29.3. The van der Waals surface area contributed by atoms with Crippen LogP contribution >= 0.6 is 23.2 Å². The summed E-state index contributed by atoms with van der Waals surface area (Å²) in [6.07, 6.45) is 1.99. The van der Waals surface area contributed by atoms with Crippen LogP contribution in [0, 0.1) is 6.92 Å². The molecule has 0 fully saturated rings. The van der Waals surface area contributed by atoms with E-state index >= 15 is 0 Å². The number of carbonyl (C=O) groups excluding carboxylic acids is 2. The van der Waals surface area contributed by atoms with Crippen LogP contribution in [0.1, 0.15) is 37.0 Å². The number of sulfonamides is 1. The monoisotopic (exact) mass is 603 g/mol. The molecule has 3 aromatic rings. The quantitative estimate of drug-likeness (QED) is 0.291. The lowest BCUT2D eigenvalue weighted by Gasteiger charge is -2.34. The van der Waals surface area contributed by atoms with Gasteiger partial charge in [-0.25, -0.2) is 8.42 Å². The first-order chi connectivity index (χ1) is 18.9. The molecule has 40 heavy (non-hydrogen) atoms. The molecule has 0 aliphatic carbocycles. The third-order valence-corrected chi connectivity index (χ3v) is 8.62. The SMILES string of the molecule is CC[C@H](C)NC(=O)[C@@H](Cc1ccccc1)N(Cc1ccccc1C)C(=O)CN(c1ccc(Cl)c(Cl)c1)S(C)(=O)=O. The Morgan fingerprint density at radius 1 is 0.950 bits per heavy atom.